The Hall–Kier alpha value is -7.34. The predicted octanol–water partition coefficient (Wildman–Crippen LogP) is 9.70. The lowest BCUT2D eigenvalue weighted by molar-refractivity contribution is 1.07. The van der Waals surface area contributed by atoms with Crippen molar-refractivity contribution in [2.75, 3.05) is 0 Å². The first-order valence-electron chi connectivity index (χ1n) is 19.5. The number of para-hydroxylation sites is 3. The van der Waals surface area contributed by atoms with Gasteiger partial charge in [0.2, 0.25) is 0 Å². The molecule has 0 bridgehead atoms. The third-order valence-corrected chi connectivity index (χ3v) is 16.8. The molecule has 8 aromatic carbocycles. The standard InChI is InChI=1S/C52H34N4Si/c1-5-19-35(20-6-1)51-53-48-42-29-15-18-32-46(42)57(37-23-9-3-10-24-37,38-25-11-4-12-26-38)50(48)52(54-51)56-43-30-16-13-27-39(43)40-33-34-45-47(49(40)56)41-28-14-17-31-44(41)55(45)36-21-7-2-8-22-36/h1-34H. The molecule has 0 saturated heterocycles. The van der Waals surface area contributed by atoms with E-state index in [2.05, 4.69) is 215 Å². The fourth-order valence-corrected chi connectivity index (χ4v) is 14.9. The highest BCUT2D eigenvalue weighted by atomic mass is 28.3. The minimum absolute atomic E-state index is 0.717. The van der Waals surface area contributed by atoms with Crippen molar-refractivity contribution >= 4 is 72.4 Å². The molecule has 4 heterocycles. The van der Waals surface area contributed by atoms with Crippen LogP contribution in [0.5, 0.6) is 0 Å². The molecule has 0 saturated carbocycles. The fraction of sp³-hybridized carbons (Fsp3) is 0. The lowest BCUT2D eigenvalue weighted by Gasteiger charge is -2.32. The first-order chi connectivity index (χ1) is 28.3. The van der Waals surface area contributed by atoms with Crippen LogP contribution in [0.2, 0.25) is 0 Å². The summed E-state index contributed by atoms with van der Waals surface area (Å²) in [4.78, 5) is 11.4. The second-order valence-electron chi connectivity index (χ2n) is 14.9. The predicted molar refractivity (Wildman–Crippen MR) is 239 cm³/mol. The van der Waals surface area contributed by atoms with Gasteiger partial charge in [-0.15, -0.1) is 0 Å². The van der Waals surface area contributed by atoms with Gasteiger partial charge in [-0.3, -0.25) is 4.57 Å². The van der Waals surface area contributed by atoms with E-state index in [1.165, 1.54) is 53.4 Å². The van der Waals surface area contributed by atoms with Gasteiger partial charge in [0.15, 0.2) is 13.9 Å². The number of hydrogen-bond donors (Lipinski definition) is 0. The Balaban J connectivity index is 1.34. The smallest absolute Gasteiger partial charge is 0.187 e. The minimum Gasteiger partial charge on any atom is -0.309 e. The molecule has 0 amide bonds. The molecule has 12 rings (SSSR count). The van der Waals surface area contributed by atoms with Crippen molar-refractivity contribution in [2.45, 2.75) is 0 Å². The van der Waals surface area contributed by atoms with Gasteiger partial charge >= 0.3 is 0 Å². The number of aromatic nitrogens is 4. The number of benzene rings is 8. The summed E-state index contributed by atoms with van der Waals surface area (Å²) < 4.78 is 4.91. The van der Waals surface area contributed by atoms with Crippen LogP contribution in [0.4, 0.5) is 0 Å². The maximum Gasteiger partial charge on any atom is 0.187 e. The molecular weight excluding hydrogens is 709 g/mol. The first kappa shape index (κ1) is 32.0. The van der Waals surface area contributed by atoms with Crippen molar-refractivity contribution in [1.29, 1.82) is 0 Å². The third kappa shape index (κ3) is 4.43. The molecule has 57 heavy (non-hydrogen) atoms. The summed E-state index contributed by atoms with van der Waals surface area (Å²) in [5.74, 6) is 1.65. The summed E-state index contributed by atoms with van der Waals surface area (Å²) in [6.07, 6.45) is 0. The molecule has 11 aromatic rings. The van der Waals surface area contributed by atoms with Crippen LogP contribution in [-0.2, 0) is 0 Å². The fourth-order valence-electron chi connectivity index (χ4n) is 9.75. The minimum atomic E-state index is -3.04. The highest BCUT2D eigenvalue weighted by Gasteiger charge is 2.52. The topological polar surface area (TPSA) is 35.6 Å². The van der Waals surface area contributed by atoms with Gasteiger partial charge in [0.05, 0.1) is 27.8 Å². The molecule has 0 aliphatic carbocycles. The van der Waals surface area contributed by atoms with Gasteiger partial charge in [-0.05, 0) is 45.9 Å². The molecule has 0 fully saturated rings. The van der Waals surface area contributed by atoms with E-state index in [0.717, 1.165) is 45.1 Å². The Kier molecular flexibility index (Phi) is 6.91. The molecule has 1 aliphatic heterocycles. The molecule has 0 atom stereocenters. The van der Waals surface area contributed by atoms with E-state index in [9.17, 15) is 0 Å². The van der Waals surface area contributed by atoms with Crippen molar-refractivity contribution in [2.24, 2.45) is 0 Å². The van der Waals surface area contributed by atoms with Crippen LogP contribution in [0, 0.1) is 0 Å². The SMILES string of the molecule is c1ccc(-c2nc3c(c(-n4c5ccccc5c5ccc6c(c7ccccc7n6-c6ccccc6)c54)n2)[Si](c2ccccc2)(c2ccccc2)c2ccccc2-3)cc1. The monoisotopic (exact) mass is 742 g/mol. The molecule has 1 aliphatic rings. The molecule has 0 unspecified atom stereocenters. The average molecular weight is 743 g/mol. The van der Waals surface area contributed by atoms with Gasteiger partial charge < -0.3 is 4.57 Å². The quantitative estimate of drug-likeness (QED) is 0.165. The van der Waals surface area contributed by atoms with E-state index in [4.69, 9.17) is 9.97 Å². The van der Waals surface area contributed by atoms with Crippen LogP contribution in [0.15, 0.2) is 206 Å². The summed E-state index contributed by atoms with van der Waals surface area (Å²) in [5.41, 5.74) is 8.92. The molecule has 3 aromatic heterocycles. The normalized spacial score (nSPS) is 13.1. The zero-order valence-corrected chi connectivity index (χ0v) is 31.9. The molecule has 0 radical (unpaired) electrons. The van der Waals surface area contributed by atoms with E-state index in [-0.39, 0.29) is 0 Å². The summed E-state index contributed by atoms with van der Waals surface area (Å²) in [6, 6.07) is 74.8. The highest BCUT2D eigenvalue weighted by molar-refractivity contribution is 7.22. The van der Waals surface area contributed by atoms with Gasteiger partial charge in [0.25, 0.3) is 0 Å². The van der Waals surface area contributed by atoms with Crippen LogP contribution in [-0.4, -0.2) is 27.2 Å². The summed E-state index contributed by atoms with van der Waals surface area (Å²) >= 11 is 0. The van der Waals surface area contributed by atoms with E-state index in [1.807, 2.05) is 0 Å². The zero-order chi connectivity index (χ0) is 37.5. The second kappa shape index (κ2) is 12.3. The molecule has 4 nitrogen and oxygen atoms in total. The van der Waals surface area contributed by atoms with Crippen molar-refractivity contribution in [3.8, 4) is 34.2 Å². The number of fused-ring (bicyclic) bond motifs is 10. The van der Waals surface area contributed by atoms with Gasteiger partial charge in [0, 0.05) is 43.5 Å². The molecule has 0 N–H and O–H groups in total. The lowest BCUT2D eigenvalue weighted by atomic mass is 10.1. The number of hydrogen-bond acceptors (Lipinski definition) is 2. The van der Waals surface area contributed by atoms with Gasteiger partial charge in [-0.25, -0.2) is 9.97 Å². The third-order valence-electron chi connectivity index (χ3n) is 12.0. The summed E-state index contributed by atoms with van der Waals surface area (Å²) in [6.45, 7) is 0. The van der Waals surface area contributed by atoms with Crippen LogP contribution >= 0.6 is 0 Å². The molecule has 0 spiro atoms. The lowest BCUT2D eigenvalue weighted by Crippen LogP contribution is -2.73. The van der Waals surface area contributed by atoms with Crippen molar-refractivity contribution in [1.82, 2.24) is 19.1 Å². The highest BCUT2D eigenvalue weighted by Crippen LogP contribution is 2.43. The van der Waals surface area contributed by atoms with Crippen LogP contribution in [0.3, 0.4) is 0 Å². The van der Waals surface area contributed by atoms with Crippen LogP contribution < -0.4 is 20.7 Å². The molecule has 5 heteroatoms. The average Bonchev–Trinajstić information content (AvgIpc) is 3.92. The Morgan fingerprint density at radius 3 is 1.67 bits per heavy atom. The second-order valence-corrected chi connectivity index (χ2v) is 18.6. The van der Waals surface area contributed by atoms with E-state index in [0.29, 0.717) is 0 Å². The van der Waals surface area contributed by atoms with Gasteiger partial charge in [-0.1, -0.05) is 176 Å². The van der Waals surface area contributed by atoms with E-state index in [1.54, 1.807) is 0 Å². The van der Waals surface area contributed by atoms with Crippen molar-refractivity contribution in [3.05, 3.63) is 206 Å². The first-order valence-corrected chi connectivity index (χ1v) is 21.5. The largest absolute Gasteiger partial charge is 0.309 e. The Morgan fingerprint density at radius 2 is 0.965 bits per heavy atom. The van der Waals surface area contributed by atoms with Crippen molar-refractivity contribution < 1.29 is 0 Å². The van der Waals surface area contributed by atoms with E-state index < -0.39 is 8.07 Å². The number of nitrogens with zero attached hydrogens (tertiary/aromatic N) is 4. The maximum atomic E-state index is 5.82. The number of rotatable bonds is 5. The maximum absolute atomic E-state index is 5.82. The van der Waals surface area contributed by atoms with Gasteiger partial charge in [0.1, 0.15) is 5.82 Å². The Morgan fingerprint density at radius 1 is 0.404 bits per heavy atom. The van der Waals surface area contributed by atoms with Crippen molar-refractivity contribution in [3.63, 3.8) is 0 Å². The van der Waals surface area contributed by atoms with Crippen LogP contribution in [0.25, 0.3) is 77.8 Å². The molecule has 266 valence electrons. The van der Waals surface area contributed by atoms with Crippen LogP contribution in [0.1, 0.15) is 0 Å². The summed E-state index contributed by atoms with van der Waals surface area (Å²) in [7, 11) is -3.04. The van der Waals surface area contributed by atoms with E-state index >= 15 is 0 Å². The Labute approximate surface area is 330 Å². The van der Waals surface area contributed by atoms with Gasteiger partial charge in [-0.2, -0.15) is 0 Å². The summed E-state index contributed by atoms with van der Waals surface area (Å²) in [5, 5.41) is 9.98. The Bertz CT molecular complexity index is 3290. The molecular formula is C52H34N4Si. The zero-order valence-electron chi connectivity index (χ0n) is 30.9.